The predicted molar refractivity (Wildman–Crippen MR) is 67.5 cm³/mol. The van der Waals surface area contributed by atoms with Crippen LogP contribution in [0.15, 0.2) is 12.4 Å². The van der Waals surface area contributed by atoms with Gasteiger partial charge in [-0.05, 0) is 18.8 Å². The maximum absolute atomic E-state index is 9.67. The van der Waals surface area contributed by atoms with E-state index < -0.39 is 0 Å². The van der Waals surface area contributed by atoms with E-state index in [4.69, 9.17) is 0 Å². The normalized spacial score (nSPS) is 29.5. The molecule has 0 spiro atoms. The van der Waals surface area contributed by atoms with Gasteiger partial charge in [0, 0.05) is 25.0 Å². The second-order valence-corrected chi connectivity index (χ2v) is 5.45. The lowest BCUT2D eigenvalue weighted by Gasteiger charge is -2.39. The Morgan fingerprint density at radius 1 is 1.65 bits per heavy atom. The van der Waals surface area contributed by atoms with Crippen LogP contribution in [0.1, 0.15) is 38.4 Å². The first-order chi connectivity index (χ1) is 8.15. The van der Waals surface area contributed by atoms with Crippen molar-refractivity contribution in [3.8, 4) is 0 Å². The number of nitrogens with zero attached hydrogens (tertiary/aromatic N) is 2. The first kappa shape index (κ1) is 12.6. The fraction of sp³-hybridized carbons (Fsp3) is 0.769. The third kappa shape index (κ3) is 2.87. The Morgan fingerprint density at radius 3 is 3.06 bits per heavy atom. The lowest BCUT2D eigenvalue weighted by Crippen LogP contribution is -2.51. The number of nitrogens with one attached hydrogen (secondary N) is 1. The summed E-state index contributed by atoms with van der Waals surface area (Å²) >= 11 is 0. The van der Waals surface area contributed by atoms with Gasteiger partial charge in [0.1, 0.15) is 5.82 Å². The van der Waals surface area contributed by atoms with Crippen LogP contribution in [-0.4, -0.2) is 26.8 Å². The minimum absolute atomic E-state index is 0.0936. The summed E-state index contributed by atoms with van der Waals surface area (Å²) in [6.07, 6.45) is 8.38. The van der Waals surface area contributed by atoms with E-state index >= 15 is 0 Å². The van der Waals surface area contributed by atoms with Gasteiger partial charge in [0.25, 0.3) is 0 Å². The molecule has 0 aromatic carbocycles. The van der Waals surface area contributed by atoms with Crippen LogP contribution in [0.4, 0.5) is 0 Å². The van der Waals surface area contributed by atoms with Gasteiger partial charge in [-0.1, -0.05) is 19.8 Å². The monoisotopic (exact) mass is 237 g/mol. The molecule has 0 radical (unpaired) electrons. The zero-order valence-electron chi connectivity index (χ0n) is 10.8. The number of aromatic nitrogens is 2. The maximum Gasteiger partial charge on any atom is 0.122 e. The van der Waals surface area contributed by atoms with Crippen molar-refractivity contribution in [2.45, 2.75) is 44.7 Å². The van der Waals surface area contributed by atoms with Crippen molar-refractivity contribution in [3.63, 3.8) is 0 Å². The fourth-order valence-electron chi connectivity index (χ4n) is 2.85. The summed E-state index contributed by atoms with van der Waals surface area (Å²) in [7, 11) is 2.00. The molecule has 0 bridgehead atoms. The fourth-order valence-corrected chi connectivity index (χ4v) is 2.85. The Balaban J connectivity index is 1.97. The van der Waals surface area contributed by atoms with Crippen LogP contribution < -0.4 is 5.32 Å². The lowest BCUT2D eigenvalue weighted by atomic mass is 9.77. The third-order valence-corrected chi connectivity index (χ3v) is 3.94. The molecule has 1 heterocycles. The van der Waals surface area contributed by atoms with Crippen LogP contribution in [0, 0.1) is 5.92 Å². The van der Waals surface area contributed by atoms with Gasteiger partial charge < -0.3 is 15.0 Å². The molecule has 17 heavy (non-hydrogen) atoms. The number of imidazole rings is 1. The first-order valence-corrected chi connectivity index (χ1v) is 6.47. The second kappa shape index (κ2) is 5.19. The SMILES string of the molecule is CC1CCCC(CO)(NCc2nccn2C)C1. The molecule has 1 aromatic rings. The van der Waals surface area contributed by atoms with Crippen LogP contribution in [0.3, 0.4) is 0 Å². The molecule has 2 unspecified atom stereocenters. The van der Waals surface area contributed by atoms with Gasteiger partial charge in [-0.15, -0.1) is 0 Å². The minimum atomic E-state index is -0.0936. The van der Waals surface area contributed by atoms with Gasteiger partial charge in [-0.3, -0.25) is 0 Å². The molecule has 0 saturated heterocycles. The molecule has 4 heteroatoms. The summed E-state index contributed by atoms with van der Waals surface area (Å²) in [5.74, 6) is 1.72. The molecule has 2 N–H and O–H groups in total. The highest BCUT2D eigenvalue weighted by Crippen LogP contribution is 2.32. The molecular formula is C13H23N3O. The van der Waals surface area contributed by atoms with E-state index in [0.717, 1.165) is 25.2 Å². The highest BCUT2D eigenvalue weighted by atomic mass is 16.3. The highest BCUT2D eigenvalue weighted by molar-refractivity contribution is 4.97. The molecule has 2 atom stereocenters. The largest absolute Gasteiger partial charge is 0.394 e. The highest BCUT2D eigenvalue weighted by Gasteiger charge is 2.33. The summed E-state index contributed by atoms with van der Waals surface area (Å²) in [5.41, 5.74) is -0.0936. The zero-order valence-corrected chi connectivity index (χ0v) is 10.8. The van der Waals surface area contributed by atoms with Gasteiger partial charge >= 0.3 is 0 Å². The van der Waals surface area contributed by atoms with Crippen molar-refractivity contribution in [3.05, 3.63) is 18.2 Å². The molecule has 0 amide bonds. The van der Waals surface area contributed by atoms with Gasteiger partial charge in [-0.2, -0.15) is 0 Å². The number of aliphatic hydroxyl groups excluding tert-OH is 1. The molecule has 1 aliphatic rings. The lowest BCUT2D eigenvalue weighted by molar-refractivity contribution is 0.0973. The van der Waals surface area contributed by atoms with Crippen LogP contribution in [0.25, 0.3) is 0 Å². The van der Waals surface area contributed by atoms with Gasteiger partial charge in [0.2, 0.25) is 0 Å². The van der Waals surface area contributed by atoms with Gasteiger partial charge in [0.05, 0.1) is 13.2 Å². The molecule has 96 valence electrons. The molecule has 1 saturated carbocycles. The Hall–Kier alpha value is -0.870. The van der Waals surface area contributed by atoms with Crippen molar-refractivity contribution < 1.29 is 5.11 Å². The van der Waals surface area contributed by atoms with Crippen LogP contribution >= 0.6 is 0 Å². The summed E-state index contributed by atoms with van der Waals surface area (Å²) in [6, 6.07) is 0. The summed E-state index contributed by atoms with van der Waals surface area (Å²) in [5, 5.41) is 13.2. The van der Waals surface area contributed by atoms with E-state index in [1.165, 1.54) is 12.8 Å². The topological polar surface area (TPSA) is 50.1 Å². The second-order valence-electron chi connectivity index (χ2n) is 5.45. The van der Waals surface area contributed by atoms with Crippen LogP contribution in [0.5, 0.6) is 0 Å². The van der Waals surface area contributed by atoms with Gasteiger partial charge in [0.15, 0.2) is 0 Å². The average molecular weight is 237 g/mol. The van der Waals surface area contributed by atoms with Crippen molar-refractivity contribution in [2.75, 3.05) is 6.61 Å². The molecule has 1 fully saturated rings. The zero-order chi connectivity index (χ0) is 12.3. The Bertz CT molecular complexity index is 363. The predicted octanol–water partition coefficient (Wildman–Crippen LogP) is 1.45. The van der Waals surface area contributed by atoms with Gasteiger partial charge in [-0.25, -0.2) is 4.98 Å². The van der Waals surface area contributed by atoms with E-state index in [9.17, 15) is 5.11 Å². The number of aliphatic hydroxyl groups is 1. The van der Waals surface area contributed by atoms with Crippen molar-refractivity contribution in [1.29, 1.82) is 0 Å². The summed E-state index contributed by atoms with van der Waals surface area (Å²) in [6.45, 7) is 3.23. The standard InChI is InChI=1S/C13H23N3O/c1-11-4-3-5-13(8-11,10-17)15-9-12-14-6-7-16(12)2/h6-7,11,15,17H,3-5,8-10H2,1-2H3. The molecular weight excluding hydrogens is 214 g/mol. The smallest absolute Gasteiger partial charge is 0.122 e. The third-order valence-electron chi connectivity index (χ3n) is 3.94. The molecule has 1 aliphatic carbocycles. The van der Waals surface area contributed by atoms with Crippen molar-refractivity contribution in [1.82, 2.24) is 14.9 Å². The van der Waals surface area contributed by atoms with E-state index in [2.05, 4.69) is 17.2 Å². The maximum atomic E-state index is 9.67. The number of hydrogen-bond acceptors (Lipinski definition) is 3. The molecule has 4 nitrogen and oxygen atoms in total. The average Bonchev–Trinajstić information content (AvgIpc) is 2.72. The van der Waals surface area contributed by atoms with Crippen molar-refractivity contribution in [2.24, 2.45) is 13.0 Å². The van der Waals surface area contributed by atoms with E-state index in [1.54, 1.807) is 0 Å². The van der Waals surface area contributed by atoms with Crippen LogP contribution in [0.2, 0.25) is 0 Å². The number of rotatable bonds is 4. The minimum Gasteiger partial charge on any atom is -0.394 e. The first-order valence-electron chi connectivity index (χ1n) is 6.47. The quantitative estimate of drug-likeness (QED) is 0.833. The molecule has 1 aromatic heterocycles. The molecule has 2 rings (SSSR count). The van der Waals surface area contributed by atoms with Crippen molar-refractivity contribution >= 4 is 0 Å². The number of aryl methyl sites for hydroxylation is 1. The van der Waals surface area contributed by atoms with E-state index in [0.29, 0.717) is 5.92 Å². The Kier molecular flexibility index (Phi) is 3.84. The summed E-state index contributed by atoms with van der Waals surface area (Å²) < 4.78 is 2.02. The van der Waals surface area contributed by atoms with E-state index in [1.807, 2.05) is 24.0 Å². The Morgan fingerprint density at radius 2 is 2.47 bits per heavy atom. The molecule has 0 aliphatic heterocycles. The summed E-state index contributed by atoms with van der Waals surface area (Å²) in [4.78, 5) is 4.30. The van der Waals surface area contributed by atoms with E-state index in [-0.39, 0.29) is 12.1 Å². The number of hydrogen-bond donors (Lipinski definition) is 2. The van der Waals surface area contributed by atoms with Crippen LogP contribution in [-0.2, 0) is 13.6 Å². The Labute approximate surface area is 103 Å².